The summed E-state index contributed by atoms with van der Waals surface area (Å²) in [4.78, 5) is 11.4. The number of nitrogens with zero attached hydrogens (tertiary/aromatic N) is 3. The number of nitrogens with two attached hydrogens (primary N) is 1. The van der Waals surface area contributed by atoms with E-state index in [4.69, 9.17) is 28.9 Å². The highest BCUT2D eigenvalue weighted by Gasteiger charge is 2.32. The van der Waals surface area contributed by atoms with Gasteiger partial charge < -0.3 is 10.6 Å². The van der Waals surface area contributed by atoms with Crippen LogP contribution in [0.5, 0.6) is 0 Å². The molecule has 0 radical (unpaired) electrons. The van der Waals surface area contributed by atoms with E-state index in [1.54, 1.807) is 12.3 Å². The Morgan fingerprint density at radius 3 is 2.54 bits per heavy atom. The number of aromatic nitrogens is 2. The molecule has 26 heavy (non-hydrogen) atoms. The number of anilines is 2. The quantitative estimate of drug-likeness (QED) is 0.695. The zero-order chi connectivity index (χ0) is 18.7. The van der Waals surface area contributed by atoms with Crippen molar-refractivity contribution < 1.29 is 0 Å². The predicted octanol–water partition coefficient (Wildman–Crippen LogP) is 5.83. The van der Waals surface area contributed by atoms with E-state index in [-0.39, 0.29) is 0 Å². The van der Waals surface area contributed by atoms with E-state index in [0.29, 0.717) is 32.5 Å². The maximum absolute atomic E-state index is 6.30. The second-order valence-corrected chi connectivity index (χ2v) is 7.94. The van der Waals surface area contributed by atoms with Crippen LogP contribution in [0.1, 0.15) is 46.0 Å². The molecule has 1 fully saturated rings. The largest absolute Gasteiger partial charge is 0.382 e. The van der Waals surface area contributed by atoms with Gasteiger partial charge in [0.1, 0.15) is 11.5 Å². The average molecular weight is 393 g/mol. The topological polar surface area (TPSA) is 55.0 Å². The standard InChI is InChI=1S/C20H26Cl2N4/c1-3-8-20(4-2)9-11-26(12-10-20)16-13-24-18(19(23)25-16)14-6-5-7-15(21)17(14)22/h5-7,13H,3-4,8-12H2,1-2H3,(H2,23,25). The molecule has 1 aromatic carbocycles. The van der Waals surface area contributed by atoms with E-state index < -0.39 is 0 Å². The number of hydrogen-bond acceptors (Lipinski definition) is 4. The summed E-state index contributed by atoms with van der Waals surface area (Å²) in [5.74, 6) is 1.22. The first-order valence-electron chi connectivity index (χ1n) is 9.31. The molecule has 0 saturated carbocycles. The zero-order valence-electron chi connectivity index (χ0n) is 15.4. The molecule has 2 heterocycles. The molecule has 1 aliphatic rings. The Bertz CT molecular complexity index is 770. The van der Waals surface area contributed by atoms with Gasteiger partial charge in [-0.05, 0) is 30.7 Å². The highest BCUT2D eigenvalue weighted by molar-refractivity contribution is 6.43. The van der Waals surface area contributed by atoms with Gasteiger partial charge in [-0.1, -0.05) is 62.0 Å². The Hall–Kier alpha value is -1.52. The van der Waals surface area contributed by atoms with Crippen LogP contribution in [-0.2, 0) is 0 Å². The van der Waals surface area contributed by atoms with Crippen LogP contribution in [0.2, 0.25) is 10.0 Å². The number of benzene rings is 1. The molecule has 1 aliphatic heterocycles. The summed E-state index contributed by atoms with van der Waals surface area (Å²) in [5, 5.41) is 0.936. The van der Waals surface area contributed by atoms with E-state index in [1.165, 1.54) is 32.1 Å². The van der Waals surface area contributed by atoms with Gasteiger partial charge in [0.15, 0.2) is 5.82 Å². The third-order valence-corrected chi connectivity index (χ3v) is 6.49. The van der Waals surface area contributed by atoms with Crippen LogP contribution < -0.4 is 10.6 Å². The minimum Gasteiger partial charge on any atom is -0.382 e. The van der Waals surface area contributed by atoms with Gasteiger partial charge in [0.2, 0.25) is 0 Å². The minimum atomic E-state index is 0.382. The van der Waals surface area contributed by atoms with E-state index >= 15 is 0 Å². The molecule has 140 valence electrons. The fraction of sp³-hybridized carbons (Fsp3) is 0.500. The first-order chi connectivity index (χ1) is 12.5. The van der Waals surface area contributed by atoms with Crippen LogP contribution in [0.3, 0.4) is 0 Å². The summed E-state index contributed by atoms with van der Waals surface area (Å²) in [6, 6.07) is 5.44. The Kier molecular flexibility index (Phi) is 5.93. The van der Waals surface area contributed by atoms with Crippen LogP contribution in [0, 0.1) is 5.41 Å². The highest BCUT2D eigenvalue weighted by atomic mass is 35.5. The minimum absolute atomic E-state index is 0.382. The molecule has 6 heteroatoms. The lowest BCUT2D eigenvalue weighted by Gasteiger charge is -2.42. The van der Waals surface area contributed by atoms with E-state index in [1.807, 2.05) is 12.1 Å². The molecular weight excluding hydrogens is 367 g/mol. The molecule has 0 spiro atoms. The lowest BCUT2D eigenvalue weighted by molar-refractivity contribution is 0.188. The second-order valence-electron chi connectivity index (χ2n) is 7.15. The number of halogens is 2. The van der Waals surface area contributed by atoms with Gasteiger partial charge in [0.05, 0.1) is 16.2 Å². The van der Waals surface area contributed by atoms with Gasteiger partial charge in [-0.2, -0.15) is 0 Å². The lowest BCUT2D eigenvalue weighted by Crippen LogP contribution is -2.40. The predicted molar refractivity (Wildman–Crippen MR) is 111 cm³/mol. The van der Waals surface area contributed by atoms with Crippen molar-refractivity contribution in [3.8, 4) is 11.3 Å². The van der Waals surface area contributed by atoms with Gasteiger partial charge in [-0.3, -0.25) is 0 Å². The zero-order valence-corrected chi connectivity index (χ0v) is 16.9. The number of hydrogen-bond donors (Lipinski definition) is 1. The van der Waals surface area contributed by atoms with Crippen LogP contribution >= 0.6 is 23.2 Å². The molecule has 0 atom stereocenters. The number of piperidine rings is 1. The maximum atomic E-state index is 6.30. The van der Waals surface area contributed by atoms with Gasteiger partial charge in [0, 0.05) is 18.7 Å². The monoisotopic (exact) mass is 392 g/mol. The van der Waals surface area contributed by atoms with E-state index in [9.17, 15) is 0 Å². The number of nitrogen functional groups attached to an aromatic ring is 1. The molecule has 0 unspecified atom stereocenters. The second kappa shape index (κ2) is 8.01. The van der Waals surface area contributed by atoms with Crippen molar-refractivity contribution in [1.29, 1.82) is 0 Å². The van der Waals surface area contributed by atoms with Crippen LogP contribution in [0.25, 0.3) is 11.3 Å². The molecule has 4 nitrogen and oxygen atoms in total. The first-order valence-corrected chi connectivity index (χ1v) is 10.1. The molecule has 2 aromatic rings. The summed E-state index contributed by atoms with van der Waals surface area (Å²) in [7, 11) is 0. The molecule has 0 bridgehead atoms. The van der Waals surface area contributed by atoms with Gasteiger partial charge in [-0.25, -0.2) is 9.97 Å². The molecule has 2 N–H and O–H groups in total. The van der Waals surface area contributed by atoms with Crippen molar-refractivity contribution in [2.24, 2.45) is 5.41 Å². The fourth-order valence-electron chi connectivity index (χ4n) is 3.96. The van der Waals surface area contributed by atoms with Gasteiger partial charge in [-0.15, -0.1) is 0 Å². The fourth-order valence-corrected chi connectivity index (χ4v) is 4.35. The van der Waals surface area contributed by atoms with Crippen molar-refractivity contribution in [3.63, 3.8) is 0 Å². The molecular formula is C20H26Cl2N4. The Morgan fingerprint density at radius 1 is 1.19 bits per heavy atom. The lowest BCUT2D eigenvalue weighted by atomic mass is 9.73. The Morgan fingerprint density at radius 2 is 1.92 bits per heavy atom. The van der Waals surface area contributed by atoms with E-state index in [2.05, 4.69) is 28.7 Å². The molecule has 1 saturated heterocycles. The summed E-state index contributed by atoms with van der Waals surface area (Å²) in [6.07, 6.45) is 7.98. The normalized spacial score (nSPS) is 16.7. The SMILES string of the molecule is CCCC1(CC)CCN(c2cnc(-c3cccc(Cl)c3Cl)c(N)n2)CC1. The third kappa shape index (κ3) is 3.77. The Labute approximate surface area is 165 Å². The van der Waals surface area contributed by atoms with Crippen LogP contribution in [0.4, 0.5) is 11.6 Å². The average Bonchev–Trinajstić information content (AvgIpc) is 2.65. The first kappa shape index (κ1) is 19.2. The summed E-state index contributed by atoms with van der Waals surface area (Å²) in [5.41, 5.74) is 7.98. The third-order valence-electron chi connectivity index (χ3n) is 5.67. The van der Waals surface area contributed by atoms with Crippen LogP contribution in [-0.4, -0.2) is 23.1 Å². The Balaban J connectivity index is 1.80. The molecule has 1 aromatic heterocycles. The van der Waals surface area contributed by atoms with Crippen molar-refractivity contribution in [2.45, 2.75) is 46.0 Å². The summed E-state index contributed by atoms with van der Waals surface area (Å²) in [6.45, 7) is 6.58. The highest BCUT2D eigenvalue weighted by Crippen LogP contribution is 2.40. The van der Waals surface area contributed by atoms with Gasteiger partial charge >= 0.3 is 0 Å². The smallest absolute Gasteiger partial charge is 0.152 e. The summed E-state index contributed by atoms with van der Waals surface area (Å²) < 4.78 is 0. The molecule has 3 rings (SSSR count). The van der Waals surface area contributed by atoms with Crippen LogP contribution in [0.15, 0.2) is 24.4 Å². The van der Waals surface area contributed by atoms with Gasteiger partial charge in [0.25, 0.3) is 0 Å². The maximum Gasteiger partial charge on any atom is 0.152 e. The molecule has 0 amide bonds. The van der Waals surface area contributed by atoms with Crippen molar-refractivity contribution in [2.75, 3.05) is 23.7 Å². The van der Waals surface area contributed by atoms with Crippen molar-refractivity contribution in [3.05, 3.63) is 34.4 Å². The molecule has 0 aliphatic carbocycles. The van der Waals surface area contributed by atoms with Crippen molar-refractivity contribution >= 4 is 34.8 Å². The van der Waals surface area contributed by atoms with Crippen molar-refractivity contribution in [1.82, 2.24) is 9.97 Å². The van der Waals surface area contributed by atoms with E-state index in [0.717, 1.165) is 18.9 Å². The number of rotatable bonds is 5. The summed E-state index contributed by atoms with van der Waals surface area (Å²) >= 11 is 12.4.